The number of methoxy groups -OCH3 is 1. The highest BCUT2D eigenvalue weighted by Gasteiger charge is 2.08. The molecule has 1 heterocycles. The average Bonchev–Trinajstić information content (AvgIpc) is 2.79. The van der Waals surface area contributed by atoms with Crippen molar-refractivity contribution in [1.82, 2.24) is 9.55 Å². The molecule has 20 heavy (non-hydrogen) atoms. The van der Waals surface area contributed by atoms with Gasteiger partial charge in [0.1, 0.15) is 5.82 Å². The number of aromatic nitrogens is 2. The van der Waals surface area contributed by atoms with Crippen LogP contribution in [-0.2, 0) is 4.74 Å². The van der Waals surface area contributed by atoms with Gasteiger partial charge in [-0.3, -0.25) is 4.57 Å². The van der Waals surface area contributed by atoms with Crippen molar-refractivity contribution in [1.29, 1.82) is 0 Å². The first-order valence-corrected chi connectivity index (χ1v) is 6.67. The van der Waals surface area contributed by atoms with E-state index in [1.807, 2.05) is 23.8 Å². The van der Waals surface area contributed by atoms with Crippen LogP contribution in [0.1, 0.15) is 17.7 Å². The zero-order valence-electron chi connectivity index (χ0n) is 12.1. The molecule has 0 spiro atoms. The van der Waals surface area contributed by atoms with Crippen LogP contribution in [-0.4, -0.2) is 29.8 Å². The number of halogens is 1. The fraction of sp³-hybridized carbons (Fsp3) is 0.400. The van der Waals surface area contributed by atoms with E-state index in [1.165, 1.54) is 6.07 Å². The summed E-state index contributed by atoms with van der Waals surface area (Å²) in [6, 6.07) is 5.05. The largest absolute Gasteiger partial charge is 0.385 e. The number of benzene rings is 1. The molecule has 0 saturated heterocycles. The lowest BCUT2D eigenvalue weighted by atomic mass is 10.2. The molecule has 0 amide bonds. The predicted molar refractivity (Wildman–Crippen MR) is 78.0 cm³/mol. The monoisotopic (exact) mass is 277 g/mol. The quantitative estimate of drug-likeness (QED) is 0.825. The van der Waals surface area contributed by atoms with Gasteiger partial charge in [0, 0.05) is 32.1 Å². The van der Waals surface area contributed by atoms with Gasteiger partial charge in [0.2, 0.25) is 5.95 Å². The molecular weight excluding hydrogens is 257 g/mol. The third kappa shape index (κ3) is 3.36. The van der Waals surface area contributed by atoms with E-state index in [0.717, 1.165) is 30.3 Å². The highest BCUT2D eigenvalue weighted by molar-refractivity contribution is 5.44. The lowest BCUT2D eigenvalue weighted by Crippen LogP contribution is -2.09. The van der Waals surface area contributed by atoms with Crippen LogP contribution < -0.4 is 5.32 Å². The van der Waals surface area contributed by atoms with Gasteiger partial charge in [0.15, 0.2) is 0 Å². The minimum Gasteiger partial charge on any atom is -0.385 e. The molecule has 108 valence electrons. The molecule has 4 nitrogen and oxygen atoms in total. The van der Waals surface area contributed by atoms with Gasteiger partial charge in [0.05, 0.1) is 5.69 Å². The van der Waals surface area contributed by atoms with Crippen LogP contribution in [0.2, 0.25) is 0 Å². The number of ether oxygens (including phenoxy) is 1. The Kier molecular flexibility index (Phi) is 4.74. The summed E-state index contributed by atoms with van der Waals surface area (Å²) in [5.41, 5.74) is 2.44. The summed E-state index contributed by atoms with van der Waals surface area (Å²) in [5.74, 6) is 0.574. The molecule has 0 aliphatic rings. The zero-order valence-corrected chi connectivity index (χ0v) is 12.1. The third-order valence-corrected chi connectivity index (χ3v) is 3.05. The Morgan fingerprint density at radius 3 is 2.85 bits per heavy atom. The maximum Gasteiger partial charge on any atom is 0.207 e. The summed E-state index contributed by atoms with van der Waals surface area (Å²) >= 11 is 0. The number of hydrogen-bond acceptors (Lipinski definition) is 3. The van der Waals surface area contributed by atoms with Crippen molar-refractivity contribution < 1.29 is 9.13 Å². The first-order chi connectivity index (χ1) is 9.61. The average molecular weight is 277 g/mol. The van der Waals surface area contributed by atoms with Crippen molar-refractivity contribution >= 4 is 5.95 Å². The Labute approximate surface area is 118 Å². The Bertz CT molecular complexity index is 580. The minimum atomic E-state index is -0.194. The summed E-state index contributed by atoms with van der Waals surface area (Å²) in [7, 11) is 1.69. The molecular formula is C15H20FN3O. The van der Waals surface area contributed by atoms with Crippen LogP contribution >= 0.6 is 0 Å². The number of aryl methyl sites for hydroxylation is 2. The van der Waals surface area contributed by atoms with Crippen LogP contribution in [0.3, 0.4) is 0 Å². The summed E-state index contributed by atoms with van der Waals surface area (Å²) in [5, 5.41) is 3.28. The standard InChI is InChI=1S/C15H20FN3O/c1-11-9-13(5-6-14(11)16)19-10-12(2)18-15(19)17-7-4-8-20-3/h5-6,9-10H,4,7-8H2,1-3H3,(H,17,18). The predicted octanol–water partition coefficient (Wildman–Crippen LogP) is 3.08. The summed E-state index contributed by atoms with van der Waals surface area (Å²) in [6.07, 6.45) is 2.84. The van der Waals surface area contributed by atoms with Crippen LogP contribution in [0.25, 0.3) is 5.69 Å². The second-order valence-corrected chi connectivity index (χ2v) is 4.78. The number of rotatable bonds is 6. The van der Waals surface area contributed by atoms with Gasteiger partial charge in [-0.2, -0.15) is 0 Å². The molecule has 1 aromatic carbocycles. The molecule has 0 radical (unpaired) electrons. The summed E-state index contributed by atoms with van der Waals surface area (Å²) in [6.45, 7) is 5.19. The highest BCUT2D eigenvalue weighted by Crippen LogP contribution is 2.19. The van der Waals surface area contributed by atoms with Gasteiger partial charge in [-0.25, -0.2) is 9.37 Å². The SMILES string of the molecule is COCCCNc1nc(C)cn1-c1ccc(F)c(C)c1. The summed E-state index contributed by atoms with van der Waals surface area (Å²) in [4.78, 5) is 4.45. The normalized spacial score (nSPS) is 10.8. The Morgan fingerprint density at radius 1 is 1.35 bits per heavy atom. The first-order valence-electron chi connectivity index (χ1n) is 6.67. The van der Waals surface area contributed by atoms with Crippen LogP contribution in [0.5, 0.6) is 0 Å². The van der Waals surface area contributed by atoms with Crippen molar-refractivity contribution in [2.45, 2.75) is 20.3 Å². The molecule has 5 heteroatoms. The maximum atomic E-state index is 13.4. The van der Waals surface area contributed by atoms with E-state index in [4.69, 9.17) is 4.74 Å². The molecule has 0 saturated carbocycles. The number of imidazole rings is 1. The topological polar surface area (TPSA) is 39.1 Å². The second-order valence-electron chi connectivity index (χ2n) is 4.78. The molecule has 0 aliphatic heterocycles. The highest BCUT2D eigenvalue weighted by atomic mass is 19.1. The smallest absolute Gasteiger partial charge is 0.207 e. The Hall–Kier alpha value is -1.88. The molecule has 0 aliphatic carbocycles. The van der Waals surface area contributed by atoms with Crippen molar-refractivity contribution in [3.05, 3.63) is 41.5 Å². The van der Waals surface area contributed by atoms with E-state index in [1.54, 1.807) is 20.1 Å². The van der Waals surface area contributed by atoms with Gasteiger partial charge < -0.3 is 10.1 Å². The van der Waals surface area contributed by atoms with Gasteiger partial charge in [0.25, 0.3) is 0 Å². The van der Waals surface area contributed by atoms with Crippen molar-refractivity contribution in [2.75, 3.05) is 25.6 Å². The molecule has 1 N–H and O–H groups in total. The number of hydrogen-bond donors (Lipinski definition) is 1. The Morgan fingerprint density at radius 2 is 2.15 bits per heavy atom. The van der Waals surface area contributed by atoms with Gasteiger partial charge in [-0.15, -0.1) is 0 Å². The van der Waals surface area contributed by atoms with Crippen molar-refractivity contribution in [3.63, 3.8) is 0 Å². The van der Waals surface area contributed by atoms with E-state index in [9.17, 15) is 4.39 Å². The number of anilines is 1. The van der Waals surface area contributed by atoms with Crippen molar-refractivity contribution in [3.8, 4) is 5.69 Å². The van der Waals surface area contributed by atoms with Crippen molar-refractivity contribution in [2.24, 2.45) is 0 Å². The van der Waals surface area contributed by atoms with E-state index in [2.05, 4.69) is 10.3 Å². The van der Waals surface area contributed by atoms with E-state index in [0.29, 0.717) is 12.2 Å². The van der Waals surface area contributed by atoms with E-state index >= 15 is 0 Å². The molecule has 0 atom stereocenters. The van der Waals surface area contributed by atoms with E-state index in [-0.39, 0.29) is 5.82 Å². The fourth-order valence-electron chi connectivity index (χ4n) is 2.01. The third-order valence-electron chi connectivity index (χ3n) is 3.05. The molecule has 0 unspecified atom stereocenters. The number of nitrogens with zero attached hydrogens (tertiary/aromatic N) is 2. The van der Waals surface area contributed by atoms with Gasteiger partial charge in [-0.05, 0) is 44.0 Å². The van der Waals surface area contributed by atoms with Crippen LogP contribution in [0.15, 0.2) is 24.4 Å². The molecule has 0 bridgehead atoms. The fourth-order valence-corrected chi connectivity index (χ4v) is 2.01. The lowest BCUT2D eigenvalue weighted by molar-refractivity contribution is 0.197. The minimum absolute atomic E-state index is 0.194. The summed E-state index contributed by atoms with van der Waals surface area (Å²) < 4.78 is 20.3. The number of nitrogens with one attached hydrogen (secondary N) is 1. The van der Waals surface area contributed by atoms with Gasteiger partial charge in [-0.1, -0.05) is 0 Å². The van der Waals surface area contributed by atoms with Gasteiger partial charge >= 0.3 is 0 Å². The van der Waals surface area contributed by atoms with Crippen LogP contribution in [0, 0.1) is 19.7 Å². The molecule has 2 aromatic rings. The van der Waals surface area contributed by atoms with E-state index < -0.39 is 0 Å². The molecule has 0 fully saturated rings. The molecule has 2 rings (SSSR count). The lowest BCUT2D eigenvalue weighted by Gasteiger charge is -2.10. The van der Waals surface area contributed by atoms with Crippen LogP contribution in [0.4, 0.5) is 10.3 Å². The molecule has 1 aromatic heterocycles. The second kappa shape index (κ2) is 6.52. The maximum absolute atomic E-state index is 13.4. The first kappa shape index (κ1) is 14.5. The Balaban J connectivity index is 2.20. The zero-order chi connectivity index (χ0) is 14.5.